The molecule has 0 aliphatic heterocycles. The van der Waals surface area contributed by atoms with Crippen LogP contribution in [0.4, 0.5) is 0 Å². The van der Waals surface area contributed by atoms with Crippen LogP contribution in [0, 0.1) is 0 Å². The molecule has 0 aliphatic carbocycles. The van der Waals surface area contributed by atoms with Crippen molar-refractivity contribution < 1.29 is 0 Å². The summed E-state index contributed by atoms with van der Waals surface area (Å²) in [5, 5.41) is 4.32. The van der Waals surface area contributed by atoms with Crippen LogP contribution in [0.15, 0.2) is 34.8 Å². The molecule has 0 saturated carbocycles. The van der Waals surface area contributed by atoms with Crippen LogP contribution >= 0.6 is 27.5 Å². The normalized spacial score (nSPS) is 12.4. The summed E-state index contributed by atoms with van der Waals surface area (Å²) < 4.78 is 0.951. The largest absolute Gasteiger partial charge is 0.310 e. The highest BCUT2D eigenvalue weighted by molar-refractivity contribution is 9.10. The van der Waals surface area contributed by atoms with Crippen LogP contribution in [-0.2, 0) is 0 Å². The fourth-order valence-electron chi connectivity index (χ4n) is 1.79. The Morgan fingerprint density at radius 1 is 1.44 bits per heavy atom. The van der Waals surface area contributed by atoms with E-state index < -0.39 is 0 Å². The molecule has 0 spiro atoms. The van der Waals surface area contributed by atoms with E-state index in [1.807, 2.05) is 6.07 Å². The molecule has 1 nitrogen and oxygen atoms in total. The Morgan fingerprint density at radius 2 is 2.17 bits per heavy atom. The minimum atomic E-state index is 0.325. The summed E-state index contributed by atoms with van der Waals surface area (Å²) in [7, 11) is 0. The first-order chi connectivity index (χ1) is 8.58. The fraction of sp³-hybridized carbons (Fsp3) is 0.467. The van der Waals surface area contributed by atoms with Gasteiger partial charge in [-0.2, -0.15) is 0 Å². The molecule has 0 radical (unpaired) electrons. The lowest BCUT2D eigenvalue weighted by Gasteiger charge is -2.20. The van der Waals surface area contributed by atoms with Crippen molar-refractivity contribution in [3.63, 3.8) is 0 Å². The van der Waals surface area contributed by atoms with E-state index in [9.17, 15) is 0 Å². The van der Waals surface area contributed by atoms with E-state index in [1.54, 1.807) is 0 Å². The van der Waals surface area contributed by atoms with E-state index in [0.717, 1.165) is 35.3 Å². The minimum absolute atomic E-state index is 0.325. The van der Waals surface area contributed by atoms with E-state index in [-0.39, 0.29) is 0 Å². The lowest BCUT2D eigenvalue weighted by molar-refractivity contribution is 0.523. The Bertz CT molecular complexity index is 403. The monoisotopic (exact) mass is 329 g/mol. The summed E-state index contributed by atoms with van der Waals surface area (Å²) in [5.41, 5.74) is 2.53. The Balaban J connectivity index is 2.86. The SMILES string of the molecule is C=C(CC)CC(NCCC)c1ccc(Cl)c(Br)c1. The van der Waals surface area contributed by atoms with Gasteiger partial charge in [0.15, 0.2) is 0 Å². The standard InChI is InChI=1S/C15H21BrClN/c1-4-8-18-15(9-11(3)5-2)12-6-7-14(17)13(16)10-12/h6-7,10,15,18H,3-5,8-9H2,1-2H3. The maximum atomic E-state index is 6.04. The maximum Gasteiger partial charge on any atom is 0.0548 e. The number of hydrogen-bond donors (Lipinski definition) is 1. The quantitative estimate of drug-likeness (QED) is 0.651. The molecule has 100 valence electrons. The molecular formula is C15H21BrClN. The average Bonchev–Trinajstić information content (AvgIpc) is 2.37. The third kappa shape index (κ3) is 4.75. The predicted molar refractivity (Wildman–Crippen MR) is 84.2 cm³/mol. The summed E-state index contributed by atoms with van der Waals surface area (Å²) in [6.45, 7) is 9.45. The lowest BCUT2D eigenvalue weighted by atomic mass is 9.98. The van der Waals surface area contributed by atoms with E-state index >= 15 is 0 Å². The molecule has 0 saturated heterocycles. The van der Waals surface area contributed by atoms with Crippen molar-refractivity contribution >= 4 is 27.5 Å². The van der Waals surface area contributed by atoms with Crippen molar-refractivity contribution in [1.29, 1.82) is 0 Å². The summed E-state index contributed by atoms with van der Waals surface area (Å²) >= 11 is 9.52. The summed E-state index contributed by atoms with van der Waals surface area (Å²) in [6, 6.07) is 6.45. The molecule has 3 heteroatoms. The Hall–Kier alpha value is -0.310. The number of rotatable bonds is 7. The van der Waals surface area contributed by atoms with Gasteiger partial charge < -0.3 is 5.32 Å². The van der Waals surface area contributed by atoms with Gasteiger partial charge in [-0.15, -0.1) is 0 Å². The number of hydrogen-bond acceptors (Lipinski definition) is 1. The molecule has 1 atom stereocenters. The van der Waals surface area contributed by atoms with Gasteiger partial charge in [-0.1, -0.05) is 43.7 Å². The second kappa shape index (κ2) is 7.98. The second-order valence-corrected chi connectivity index (χ2v) is 5.75. The first kappa shape index (κ1) is 15.7. The summed E-state index contributed by atoms with van der Waals surface area (Å²) in [4.78, 5) is 0. The first-order valence-electron chi connectivity index (χ1n) is 6.43. The van der Waals surface area contributed by atoms with Gasteiger partial charge in [0.25, 0.3) is 0 Å². The topological polar surface area (TPSA) is 12.0 Å². The highest BCUT2D eigenvalue weighted by atomic mass is 79.9. The molecule has 1 aromatic carbocycles. The molecule has 0 amide bonds. The lowest BCUT2D eigenvalue weighted by Crippen LogP contribution is -2.22. The van der Waals surface area contributed by atoms with E-state index in [1.165, 1.54) is 11.1 Å². The van der Waals surface area contributed by atoms with Gasteiger partial charge in [0.05, 0.1) is 5.02 Å². The first-order valence-corrected chi connectivity index (χ1v) is 7.60. The summed E-state index contributed by atoms with van der Waals surface area (Å²) in [6.07, 6.45) is 3.13. The van der Waals surface area contributed by atoms with Crippen LogP contribution < -0.4 is 5.32 Å². The highest BCUT2D eigenvalue weighted by Crippen LogP contribution is 2.29. The van der Waals surface area contributed by atoms with Crippen LogP contribution in [-0.4, -0.2) is 6.54 Å². The molecule has 1 rings (SSSR count). The van der Waals surface area contributed by atoms with Crippen LogP contribution in [0.1, 0.15) is 44.7 Å². The molecule has 0 bridgehead atoms. The predicted octanol–water partition coefficient (Wildman–Crippen LogP) is 5.50. The smallest absolute Gasteiger partial charge is 0.0548 e. The van der Waals surface area contributed by atoms with E-state index in [2.05, 4.69) is 53.8 Å². The third-order valence-electron chi connectivity index (χ3n) is 2.98. The van der Waals surface area contributed by atoms with Gasteiger partial charge in [0.1, 0.15) is 0 Å². The second-order valence-electron chi connectivity index (χ2n) is 4.49. The fourth-order valence-corrected chi connectivity index (χ4v) is 2.30. The van der Waals surface area contributed by atoms with Gasteiger partial charge in [-0.3, -0.25) is 0 Å². The van der Waals surface area contributed by atoms with Crippen LogP contribution in [0.2, 0.25) is 5.02 Å². The molecule has 18 heavy (non-hydrogen) atoms. The number of benzene rings is 1. The minimum Gasteiger partial charge on any atom is -0.310 e. The zero-order valence-corrected chi connectivity index (χ0v) is 13.4. The number of halogens is 2. The van der Waals surface area contributed by atoms with Crippen molar-refractivity contribution in [3.05, 3.63) is 45.4 Å². The van der Waals surface area contributed by atoms with Crippen LogP contribution in [0.25, 0.3) is 0 Å². The highest BCUT2D eigenvalue weighted by Gasteiger charge is 2.12. The third-order valence-corrected chi connectivity index (χ3v) is 4.19. The van der Waals surface area contributed by atoms with Crippen molar-refractivity contribution in [3.8, 4) is 0 Å². The van der Waals surface area contributed by atoms with Crippen molar-refractivity contribution in [2.45, 2.75) is 39.2 Å². The molecule has 0 fully saturated rings. The molecule has 0 aliphatic rings. The van der Waals surface area contributed by atoms with Gasteiger partial charge in [0, 0.05) is 10.5 Å². The average molecular weight is 331 g/mol. The van der Waals surface area contributed by atoms with Gasteiger partial charge >= 0.3 is 0 Å². The van der Waals surface area contributed by atoms with E-state index in [0.29, 0.717) is 6.04 Å². The summed E-state index contributed by atoms with van der Waals surface area (Å²) in [5.74, 6) is 0. The Kier molecular flexibility index (Phi) is 6.98. The molecule has 1 N–H and O–H groups in total. The Morgan fingerprint density at radius 3 is 2.72 bits per heavy atom. The van der Waals surface area contributed by atoms with Crippen LogP contribution in [0.3, 0.4) is 0 Å². The van der Waals surface area contributed by atoms with Crippen molar-refractivity contribution in [1.82, 2.24) is 5.32 Å². The zero-order valence-electron chi connectivity index (χ0n) is 11.1. The van der Waals surface area contributed by atoms with Crippen molar-refractivity contribution in [2.24, 2.45) is 0 Å². The van der Waals surface area contributed by atoms with Crippen LogP contribution in [0.5, 0.6) is 0 Å². The molecule has 0 heterocycles. The molecule has 1 aromatic rings. The number of nitrogens with one attached hydrogen (secondary N) is 1. The van der Waals surface area contributed by atoms with E-state index in [4.69, 9.17) is 11.6 Å². The van der Waals surface area contributed by atoms with Gasteiger partial charge in [-0.05, 0) is 59.4 Å². The molecular weight excluding hydrogens is 310 g/mol. The van der Waals surface area contributed by atoms with Gasteiger partial charge in [0.2, 0.25) is 0 Å². The maximum absolute atomic E-state index is 6.04. The van der Waals surface area contributed by atoms with Crippen molar-refractivity contribution in [2.75, 3.05) is 6.54 Å². The molecule has 0 aromatic heterocycles. The Labute approximate surface area is 124 Å². The zero-order chi connectivity index (χ0) is 13.5. The van der Waals surface area contributed by atoms with Gasteiger partial charge in [-0.25, -0.2) is 0 Å². The molecule has 1 unspecified atom stereocenters.